The predicted octanol–water partition coefficient (Wildman–Crippen LogP) is 5.04. The normalized spacial score (nSPS) is 14.9. The van der Waals surface area contributed by atoms with Gasteiger partial charge in [0.05, 0.1) is 12.0 Å². The number of hydrogen-bond donors (Lipinski definition) is 1. The second kappa shape index (κ2) is 7.81. The molecule has 1 fully saturated rings. The van der Waals surface area contributed by atoms with Crippen LogP contribution >= 0.6 is 0 Å². The Morgan fingerprint density at radius 2 is 1.68 bits per heavy atom. The third-order valence-corrected chi connectivity index (χ3v) is 5.10. The standard InChI is InChI=1S/C25H28O3/c1-5-28-25(14-15-25)21-13-12-19(16-22(21)24(2,3)4)9-6-18-7-10-20(11-8-18)17-23(26)27/h7-8,10-13,16H,5,14-15,17H2,1-4H3,(H,26,27). The van der Waals surface area contributed by atoms with E-state index in [4.69, 9.17) is 9.84 Å². The van der Waals surface area contributed by atoms with E-state index in [9.17, 15) is 4.79 Å². The zero-order chi connectivity index (χ0) is 20.4. The molecule has 3 nitrogen and oxygen atoms in total. The molecular formula is C25H28O3. The maximum atomic E-state index is 10.8. The number of aliphatic carboxylic acids is 1. The van der Waals surface area contributed by atoms with Gasteiger partial charge in [-0.15, -0.1) is 0 Å². The molecule has 3 heteroatoms. The first-order valence-electron chi connectivity index (χ1n) is 9.85. The van der Waals surface area contributed by atoms with E-state index in [1.165, 1.54) is 11.1 Å². The van der Waals surface area contributed by atoms with Crippen molar-refractivity contribution in [3.63, 3.8) is 0 Å². The third kappa shape index (κ3) is 4.64. The molecule has 3 rings (SSSR count). The Bertz CT molecular complexity index is 917. The largest absolute Gasteiger partial charge is 0.481 e. The van der Waals surface area contributed by atoms with Crippen LogP contribution in [-0.4, -0.2) is 17.7 Å². The van der Waals surface area contributed by atoms with Crippen molar-refractivity contribution in [3.05, 3.63) is 70.3 Å². The molecule has 0 spiro atoms. The molecule has 1 aliphatic carbocycles. The van der Waals surface area contributed by atoms with Crippen LogP contribution in [0.25, 0.3) is 0 Å². The third-order valence-electron chi connectivity index (χ3n) is 5.10. The second-order valence-electron chi connectivity index (χ2n) is 8.46. The minimum Gasteiger partial charge on any atom is -0.481 e. The zero-order valence-electron chi connectivity index (χ0n) is 17.1. The van der Waals surface area contributed by atoms with Crippen LogP contribution in [0, 0.1) is 11.8 Å². The van der Waals surface area contributed by atoms with Gasteiger partial charge in [-0.2, -0.15) is 0 Å². The van der Waals surface area contributed by atoms with Crippen LogP contribution in [0.15, 0.2) is 42.5 Å². The van der Waals surface area contributed by atoms with E-state index in [0.717, 1.165) is 36.1 Å². The summed E-state index contributed by atoms with van der Waals surface area (Å²) in [5.41, 5.74) is 5.14. The molecule has 146 valence electrons. The van der Waals surface area contributed by atoms with E-state index in [1.54, 1.807) is 0 Å². The van der Waals surface area contributed by atoms with E-state index >= 15 is 0 Å². The number of benzene rings is 2. The summed E-state index contributed by atoms with van der Waals surface area (Å²) in [6, 6.07) is 13.8. The smallest absolute Gasteiger partial charge is 0.307 e. The van der Waals surface area contributed by atoms with Gasteiger partial charge in [0.25, 0.3) is 0 Å². The maximum absolute atomic E-state index is 10.8. The lowest BCUT2D eigenvalue weighted by atomic mass is 9.80. The van der Waals surface area contributed by atoms with Crippen LogP contribution in [0.2, 0.25) is 0 Å². The summed E-state index contributed by atoms with van der Waals surface area (Å²) in [5.74, 6) is 5.62. The Morgan fingerprint density at radius 3 is 2.21 bits per heavy atom. The number of carboxylic acids is 1. The number of carboxylic acid groups (broad SMARTS) is 1. The number of ether oxygens (including phenoxy) is 1. The van der Waals surface area contributed by atoms with Gasteiger partial charge in [-0.3, -0.25) is 4.79 Å². The van der Waals surface area contributed by atoms with E-state index < -0.39 is 5.97 Å². The summed E-state index contributed by atoms with van der Waals surface area (Å²) in [5, 5.41) is 8.86. The first kappa shape index (κ1) is 20.2. The van der Waals surface area contributed by atoms with Gasteiger partial charge < -0.3 is 9.84 Å². The number of carbonyl (C=O) groups is 1. The average molecular weight is 376 g/mol. The van der Waals surface area contributed by atoms with Crippen LogP contribution in [0.5, 0.6) is 0 Å². The van der Waals surface area contributed by atoms with Crippen LogP contribution in [0.3, 0.4) is 0 Å². The van der Waals surface area contributed by atoms with Crippen molar-refractivity contribution < 1.29 is 14.6 Å². The Morgan fingerprint density at radius 1 is 1.07 bits per heavy atom. The molecule has 0 radical (unpaired) electrons. The fourth-order valence-electron chi connectivity index (χ4n) is 3.55. The van der Waals surface area contributed by atoms with Gasteiger partial charge in [0.1, 0.15) is 0 Å². The van der Waals surface area contributed by atoms with Gasteiger partial charge in [0.15, 0.2) is 0 Å². The molecule has 0 unspecified atom stereocenters. The topological polar surface area (TPSA) is 46.5 Å². The van der Waals surface area contributed by atoms with Crippen molar-refractivity contribution in [1.29, 1.82) is 0 Å². The summed E-state index contributed by atoms with van der Waals surface area (Å²) in [4.78, 5) is 10.8. The summed E-state index contributed by atoms with van der Waals surface area (Å²) in [6.45, 7) is 9.46. The van der Waals surface area contributed by atoms with E-state index in [0.29, 0.717) is 0 Å². The highest BCUT2D eigenvalue weighted by atomic mass is 16.5. The van der Waals surface area contributed by atoms with Crippen molar-refractivity contribution in [1.82, 2.24) is 0 Å². The molecule has 1 saturated carbocycles. The fraction of sp³-hybridized carbons (Fsp3) is 0.400. The summed E-state index contributed by atoms with van der Waals surface area (Å²) in [6.07, 6.45) is 2.20. The average Bonchev–Trinajstić information content (AvgIpc) is 3.41. The molecule has 0 atom stereocenters. The van der Waals surface area contributed by atoms with Crippen molar-refractivity contribution in [2.24, 2.45) is 0 Å². The van der Waals surface area contributed by atoms with Crippen LogP contribution in [0.4, 0.5) is 0 Å². The molecule has 0 heterocycles. The van der Waals surface area contributed by atoms with Crippen LogP contribution in [-0.2, 0) is 27.0 Å². The SMILES string of the molecule is CCOC1(c2ccc(C#Cc3ccc(CC(=O)O)cc3)cc2C(C)(C)C)CC1. The van der Waals surface area contributed by atoms with Gasteiger partial charge in [0.2, 0.25) is 0 Å². The highest BCUT2D eigenvalue weighted by Crippen LogP contribution is 2.52. The molecule has 0 amide bonds. The monoisotopic (exact) mass is 376 g/mol. The lowest BCUT2D eigenvalue weighted by Crippen LogP contribution is -2.21. The Labute approximate surface area is 167 Å². The summed E-state index contributed by atoms with van der Waals surface area (Å²) >= 11 is 0. The molecular weight excluding hydrogens is 348 g/mol. The maximum Gasteiger partial charge on any atom is 0.307 e. The van der Waals surface area contributed by atoms with Crippen LogP contribution < -0.4 is 0 Å². The van der Waals surface area contributed by atoms with Crippen molar-refractivity contribution >= 4 is 5.97 Å². The first-order chi connectivity index (χ1) is 13.2. The molecule has 1 aliphatic rings. The molecule has 0 aliphatic heterocycles. The number of hydrogen-bond acceptors (Lipinski definition) is 2. The summed E-state index contributed by atoms with van der Waals surface area (Å²) in [7, 11) is 0. The van der Waals surface area contributed by atoms with Crippen molar-refractivity contribution in [3.8, 4) is 11.8 Å². The van der Waals surface area contributed by atoms with Crippen molar-refractivity contribution in [2.45, 2.75) is 58.0 Å². The molecule has 1 N–H and O–H groups in total. The molecule has 0 bridgehead atoms. The second-order valence-corrected chi connectivity index (χ2v) is 8.46. The molecule has 0 saturated heterocycles. The minimum atomic E-state index is -0.825. The quantitative estimate of drug-likeness (QED) is 0.744. The van der Waals surface area contributed by atoms with Gasteiger partial charge in [0, 0.05) is 17.7 Å². The summed E-state index contributed by atoms with van der Waals surface area (Å²) < 4.78 is 6.09. The molecule has 28 heavy (non-hydrogen) atoms. The minimum absolute atomic E-state index is 0.0121. The molecule has 0 aromatic heterocycles. The lowest BCUT2D eigenvalue weighted by molar-refractivity contribution is -0.136. The predicted molar refractivity (Wildman–Crippen MR) is 111 cm³/mol. The lowest BCUT2D eigenvalue weighted by Gasteiger charge is -2.28. The van der Waals surface area contributed by atoms with E-state index in [-0.39, 0.29) is 17.4 Å². The van der Waals surface area contributed by atoms with Gasteiger partial charge in [-0.1, -0.05) is 50.8 Å². The highest BCUT2D eigenvalue weighted by molar-refractivity contribution is 5.70. The first-order valence-corrected chi connectivity index (χ1v) is 9.85. The van der Waals surface area contributed by atoms with E-state index in [2.05, 4.69) is 57.7 Å². The Hall–Kier alpha value is -2.57. The zero-order valence-corrected chi connectivity index (χ0v) is 17.1. The molecule has 2 aromatic rings. The van der Waals surface area contributed by atoms with Crippen molar-refractivity contribution in [2.75, 3.05) is 6.61 Å². The Balaban J connectivity index is 1.88. The van der Waals surface area contributed by atoms with E-state index in [1.807, 2.05) is 24.3 Å². The van der Waals surface area contributed by atoms with Crippen LogP contribution in [0.1, 0.15) is 68.4 Å². The van der Waals surface area contributed by atoms with Gasteiger partial charge >= 0.3 is 5.97 Å². The fourth-order valence-corrected chi connectivity index (χ4v) is 3.55. The van der Waals surface area contributed by atoms with Gasteiger partial charge in [-0.25, -0.2) is 0 Å². The Kier molecular flexibility index (Phi) is 5.63. The molecule has 2 aromatic carbocycles. The number of rotatable bonds is 5. The highest BCUT2D eigenvalue weighted by Gasteiger charge is 2.47. The van der Waals surface area contributed by atoms with Gasteiger partial charge in [-0.05, 0) is 66.1 Å².